The highest BCUT2D eigenvalue weighted by Gasteiger charge is 2.15. The summed E-state index contributed by atoms with van der Waals surface area (Å²) in [5.41, 5.74) is 1.35. The van der Waals surface area contributed by atoms with Gasteiger partial charge >= 0.3 is 6.01 Å². The number of ether oxygens (including phenoxy) is 1. The number of hydrogen-bond donors (Lipinski definition) is 1. The number of aryl methyl sites for hydroxylation is 2. The van der Waals surface area contributed by atoms with Crippen LogP contribution < -0.4 is 10.1 Å². The van der Waals surface area contributed by atoms with Gasteiger partial charge in [-0.1, -0.05) is 18.2 Å². The van der Waals surface area contributed by atoms with Crippen LogP contribution in [0.1, 0.15) is 21.7 Å². The summed E-state index contributed by atoms with van der Waals surface area (Å²) in [6.45, 7) is 3.38. The number of hydrogen-bond acceptors (Lipinski definition) is 4. The van der Waals surface area contributed by atoms with Gasteiger partial charge in [0.1, 0.15) is 5.75 Å². The molecule has 0 saturated carbocycles. The molecule has 1 N–H and O–H groups in total. The number of nitrogens with one attached hydrogen (secondary N) is 1. The maximum atomic E-state index is 13.3. The SMILES string of the molecule is Cc1nc(Oc2ccccc2)nc(C)c1NC(=O)c1ccc(F)c(F)c1. The molecule has 0 aliphatic rings. The van der Waals surface area contributed by atoms with Crippen LogP contribution in [0, 0.1) is 25.5 Å². The third-order valence-corrected chi connectivity index (χ3v) is 3.62. The molecule has 0 fully saturated rings. The van der Waals surface area contributed by atoms with Crippen molar-refractivity contribution in [3.05, 3.63) is 77.1 Å². The second-order valence-corrected chi connectivity index (χ2v) is 5.55. The molecule has 5 nitrogen and oxygen atoms in total. The number of amides is 1. The Labute approximate surface area is 148 Å². The molecule has 7 heteroatoms. The van der Waals surface area contributed by atoms with Crippen molar-refractivity contribution < 1.29 is 18.3 Å². The molecular weight excluding hydrogens is 340 g/mol. The summed E-state index contributed by atoms with van der Waals surface area (Å²) >= 11 is 0. The molecular formula is C19H15F2N3O2. The zero-order chi connectivity index (χ0) is 18.7. The molecule has 0 unspecified atom stereocenters. The van der Waals surface area contributed by atoms with Crippen molar-refractivity contribution in [2.75, 3.05) is 5.32 Å². The Hall–Kier alpha value is -3.35. The van der Waals surface area contributed by atoms with Crippen LogP contribution in [0.15, 0.2) is 48.5 Å². The Morgan fingerprint density at radius 2 is 1.62 bits per heavy atom. The molecule has 132 valence electrons. The van der Waals surface area contributed by atoms with Crippen molar-refractivity contribution in [3.63, 3.8) is 0 Å². The maximum absolute atomic E-state index is 13.3. The average Bonchev–Trinajstić information content (AvgIpc) is 2.61. The lowest BCUT2D eigenvalue weighted by Gasteiger charge is -2.12. The second-order valence-electron chi connectivity index (χ2n) is 5.55. The smallest absolute Gasteiger partial charge is 0.322 e. The summed E-state index contributed by atoms with van der Waals surface area (Å²) in [5.74, 6) is -2.10. The zero-order valence-corrected chi connectivity index (χ0v) is 14.1. The number of carbonyl (C=O) groups is 1. The molecule has 1 amide bonds. The summed E-state index contributed by atoms with van der Waals surface area (Å²) < 4.78 is 31.9. The van der Waals surface area contributed by atoms with Gasteiger partial charge in [-0.05, 0) is 44.2 Å². The van der Waals surface area contributed by atoms with Gasteiger partial charge in [0.2, 0.25) is 0 Å². The fourth-order valence-electron chi connectivity index (χ4n) is 2.33. The average molecular weight is 355 g/mol. The van der Waals surface area contributed by atoms with Crippen LogP contribution in [0.4, 0.5) is 14.5 Å². The van der Waals surface area contributed by atoms with E-state index in [1.54, 1.807) is 26.0 Å². The van der Waals surface area contributed by atoms with Gasteiger partial charge in [0.25, 0.3) is 5.91 Å². The first-order valence-electron chi connectivity index (χ1n) is 7.78. The van der Waals surface area contributed by atoms with Gasteiger partial charge in [0.05, 0.1) is 17.1 Å². The predicted molar refractivity (Wildman–Crippen MR) is 92.3 cm³/mol. The van der Waals surface area contributed by atoms with Crippen LogP contribution in [-0.4, -0.2) is 15.9 Å². The van der Waals surface area contributed by atoms with Crippen molar-refractivity contribution in [1.29, 1.82) is 0 Å². The van der Waals surface area contributed by atoms with E-state index in [-0.39, 0.29) is 11.6 Å². The predicted octanol–water partition coefficient (Wildman–Crippen LogP) is 4.42. The van der Waals surface area contributed by atoms with Gasteiger partial charge in [0.15, 0.2) is 11.6 Å². The van der Waals surface area contributed by atoms with Gasteiger partial charge in [-0.3, -0.25) is 4.79 Å². The molecule has 2 aromatic carbocycles. The van der Waals surface area contributed by atoms with Gasteiger partial charge < -0.3 is 10.1 Å². The molecule has 0 spiro atoms. The van der Waals surface area contributed by atoms with Crippen molar-refractivity contribution in [2.45, 2.75) is 13.8 Å². The molecule has 3 aromatic rings. The Bertz CT molecular complexity index is 939. The quantitative estimate of drug-likeness (QED) is 0.753. The van der Waals surface area contributed by atoms with Crippen LogP contribution >= 0.6 is 0 Å². The molecule has 0 radical (unpaired) electrons. The lowest BCUT2D eigenvalue weighted by Crippen LogP contribution is -2.15. The first-order valence-corrected chi connectivity index (χ1v) is 7.78. The van der Waals surface area contributed by atoms with E-state index in [4.69, 9.17) is 4.74 Å². The second kappa shape index (κ2) is 7.26. The molecule has 1 heterocycles. The Balaban J connectivity index is 1.82. The number of aromatic nitrogens is 2. The van der Waals surface area contributed by atoms with E-state index in [2.05, 4.69) is 15.3 Å². The minimum absolute atomic E-state index is 0.00712. The largest absolute Gasteiger partial charge is 0.424 e. The number of benzene rings is 2. The van der Waals surface area contributed by atoms with E-state index in [9.17, 15) is 13.6 Å². The van der Waals surface area contributed by atoms with E-state index in [1.165, 1.54) is 6.07 Å². The summed E-state index contributed by atoms with van der Waals surface area (Å²) in [4.78, 5) is 20.7. The minimum Gasteiger partial charge on any atom is -0.424 e. The number of halogens is 2. The molecule has 0 atom stereocenters. The van der Waals surface area contributed by atoms with E-state index < -0.39 is 17.5 Å². The first kappa shape index (κ1) is 17.5. The maximum Gasteiger partial charge on any atom is 0.322 e. The lowest BCUT2D eigenvalue weighted by molar-refractivity contribution is 0.102. The third kappa shape index (κ3) is 3.83. The number of carbonyl (C=O) groups excluding carboxylic acids is 1. The number of anilines is 1. The molecule has 1 aromatic heterocycles. The third-order valence-electron chi connectivity index (χ3n) is 3.62. The summed E-state index contributed by atoms with van der Waals surface area (Å²) in [6, 6.07) is 12.1. The Morgan fingerprint density at radius 1 is 0.962 bits per heavy atom. The van der Waals surface area contributed by atoms with Gasteiger partial charge in [-0.15, -0.1) is 0 Å². The molecule has 0 saturated heterocycles. The molecule has 3 rings (SSSR count). The van der Waals surface area contributed by atoms with Crippen molar-refractivity contribution in [2.24, 2.45) is 0 Å². The normalized spacial score (nSPS) is 10.5. The highest BCUT2D eigenvalue weighted by atomic mass is 19.2. The fourth-order valence-corrected chi connectivity index (χ4v) is 2.33. The molecule has 0 aliphatic carbocycles. The van der Waals surface area contributed by atoms with Crippen LogP contribution in [-0.2, 0) is 0 Å². The van der Waals surface area contributed by atoms with Gasteiger partial charge in [-0.25, -0.2) is 8.78 Å². The van der Waals surface area contributed by atoms with E-state index in [0.29, 0.717) is 22.8 Å². The number of nitrogens with zero attached hydrogens (tertiary/aromatic N) is 2. The van der Waals surface area contributed by atoms with Crippen molar-refractivity contribution >= 4 is 11.6 Å². The van der Waals surface area contributed by atoms with E-state index in [0.717, 1.165) is 12.1 Å². The first-order chi connectivity index (χ1) is 12.4. The van der Waals surface area contributed by atoms with E-state index >= 15 is 0 Å². The standard InChI is InChI=1S/C19H15F2N3O2/c1-11-17(24-18(25)13-8-9-15(20)16(21)10-13)12(2)23-19(22-11)26-14-6-4-3-5-7-14/h3-10H,1-2H3,(H,24,25). The van der Waals surface area contributed by atoms with Gasteiger partial charge in [0, 0.05) is 5.56 Å². The van der Waals surface area contributed by atoms with Crippen LogP contribution in [0.3, 0.4) is 0 Å². The summed E-state index contributed by atoms with van der Waals surface area (Å²) in [5, 5.41) is 2.62. The van der Waals surface area contributed by atoms with E-state index in [1.807, 2.05) is 18.2 Å². The molecule has 26 heavy (non-hydrogen) atoms. The monoisotopic (exact) mass is 355 g/mol. The van der Waals surface area contributed by atoms with Crippen LogP contribution in [0.5, 0.6) is 11.8 Å². The highest BCUT2D eigenvalue weighted by molar-refractivity contribution is 6.04. The number of rotatable bonds is 4. The molecule has 0 bridgehead atoms. The summed E-state index contributed by atoms with van der Waals surface area (Å²) in [7, 11) is 0. The van der Waals surface area contributed by atoms with Gasteiger partial charge in [-0.2, -0.15) is 9.97 Å². The summed E-state index contributed by atoms with van der Waals surface area (Å²) in [6.07, 6.45) is 0. The van der Waals surface area contributed by atoms with Crippen LogP contribution in [0.25, 0.3) is 0 Å². The highest BCUT2D eigenvalue weighted by Crippen LogP contribution is 2.24. The van der Waals surface area contributed by atoms with Crippen LogP contribution in [0.2, 0.25) is 0 Å². The minimum atomic E-state index is -1.09. The Kier molecular flexibility index (Phi) is 4.88. The zero-order valence-electron chi connectivity index (χ0n) is 14.1. The number of para-hydroxylation sites is 1. The van der Waals surface area contributed by atoms with Crippen molar-refractivity contribution in [1.82, 2.24) is 9.97 Å². The lowest BCUT2D eigenvalue weighted by atomic mass is 10.2. The van der Waals surface area contributed by atoms with Crippen molar-refractivity contribution in [3.8, 4) is 11.8 Å². The Morgan fingerprint density at radius 3 is 2.23 bits per heavy atom. The fraction of sp³-hybridized carbons (Fsp3) is 0.105. The topological polar surface area (TPSA) is 64.1 Å². The molecule has 0 aliphatic heterocycles.